The van der Waals surface area contributed by atoms with Crippen molar-refractivity contribution in [2.45, 2.75) is 52.1 Å². The Morgan fingerprint density at radius 1 is 1.10 bits per heavy atom. The Hall–Kier alpha value is -2.53. The molecule has 0 saturated carbocycles. The van der Waals surface area contributed by atoms with E-state index in [0.717, 1.165) is 11.1 Å². The summed E-state index contributed by atoms with van der Waals surface area (Å²) in [5, 5.41) is 3.28. The summed E-state index contributed by atoms with van der Waals surface area (Å²) in [4.78, 5) is 27.2. The van der Waals surface area contributed by atoms with E-state index in [9.17, 15) is 9.59 Å². The lowest BCUT2D eigenvalue weighted by molar-refractivity contribution is -0.142. The first kappa shape index (κ1) is 23.7. The molecule has 0 heterocycles. The molecule has 0 bridgehead atoms. The molecule has 2 aromatic carbocycles. The number of para-hydroxylation sites is 1. The van der Waals surface area contributed by atoms with Crippen molar-refractivity contribution in [2.75, 3.05) is 13.7 Å². The molecule has 2 amide bonds. The fourth-order valence-electron chi connectivity index (χ4n) is 3.31. The van der Waals surface area contributed by atoms with E-state index in [1.165, 1.54) is 0 Å². The van der Waals surface area contributed by atoms with Crippen molar-refractivity contribution in [3.63, 3.8) is 0 Å². The van der Waals surface area contributed by atoms with Gasteiger partial charge in [0.15, 0.2) is 6.61 Å². The van der Waals surface area contributed by atoms with E-state index in [4.69, 9.17) is 16.3 Å². The number of amides is 2. The first-order valence-corrected chi connectivity index (χ1v) is 10.5. The van der Waals surface area contributed by atoms with Crippen LogP contribution in [0.25, 0.3) is 0 Å². The molecule has 30 heavy (non-hydrogen) atoms. The second-order valence-corrected chi connectivity index (χ2v) is 8.66. The monoisotopic (exact) mass is 430 g/mol. The van der Waals surface area contributed by atoms with Crippen molar-refractivity contribution >= 4 is 23.4 Å². The van der Waals surface area contributed by atoms with Crippen LogP contribution in [0, 0.1) is 0 Å². The fraction of sp³-hybridized carbons (Fsp3) is 0.417. The minimum atomic E-state index is -0.584. The third-order valence-corrected chi connectivity index (χ3v) is 5.20. The molecule has 0 aromatic heterocycles. The maximum absolute atomic E-state index is 13.2. The van der Waals surface area contributed by atoms with Gasteiger partial charge in [-0.05, 0) is 41.2 Å². The van der Waals surface area contributed by atoms with Crippen molar-refractivity contribution in [3.05, 3.63) is 64.7 Å². The van der Waals surface area contributed by atoms with Crippen LogP contribution in [0.4, 0.5) is 0 Å². The highest BCUT2D eigenvalue weighted by molar-refractivity contribution is 6.30. The number of benzene rings is 2. The Labute approximate surface area is 184 Å². The van der Waals surface area contributed by atoms with E-state index in [-0.39, 0.29) is 23.8 Å². The highest BCUT2D eigenvalue weighted by Crippen LogP contribution is 2.31. The summed E-state index contributed by atoms with van der Waals surface area (Å²) in [6.45, 7) is 8.34. The quantitative estimate of drug-likeness (QED) is 0.667. The molecule has 0 radical (unpaired) electrons. The molecule has 1 N–H and O–H groups in total. The standard InChI is InChI=1S/C24H31ClN2O3/c1-6-20(23(29)26-5)27(15-17-11-13-18(25)14-12-17)22(28)16-30-21-10-8-7-9-19(21)24(2,3)4/h7-14,20H,6,15-16H2,1-5H3,(H,26,29)/t20-/m0/s1. The molecule has 1 atom stereocenters. The zero-order valence-electron chi connectivity index (χ0n) is 18.4. The zero-order valence-corrected chi connectivity index (χ0v) is 19.1. The second-order valence-electron chi connectivity index (χ2n) is 8.22. The van der Waals surface area contributed by atoms with Crippen LogP contribution in [-0.2, 0) is 21.5 Å². The summed E-state index contributed by atoms with van der Waals surface area (Å²) in [7, 11) is 1.58. The number of hydrogen-bond donors (Lipinski definition) is 1. The van der Waals surface area contributed by atoms with Crippen molar-refractivity contribution in [1.82, 2.24) is 10.2 Å². The number of halogens is 1. The minimum Gasteiger partial charge on any atom is -0.483 e. The summed E-state index contributed by atoms with van der Waals surface area (Å²) < 4.78 is 5.93. The maximum atomic E-state index is 13.2. The van der Waals surface area contributed by atoms with Crippen LogP contribution in [0.3, 0.4) is 0 Å². The van der Waals surface area contributed by atoms with Crippen molar-refractivity contribution < 1.29 is 14.3 Å². The molecule has 0 aliphatic carbocycles. The molecular weight excluding hydrogens is 400 g/mol. The van der Waals surface area contributed by atoms with Crippen LogP contribution >= 0.6 is 11.6 Å². The van der Waals surface area contributed by atoms with Gasteiger partial charge in [-0.25, -0.2) is 0 Å². The van der Waals surface area contributed by atoms with Gasteiger partial charge in [-0.15, -0.1) is 0 Å². The van der Waals surface area contributed by atoms with Crippen LogP contribution in [0.15, 0.2) is 48.5 Å². The van der Waals surface area contributed by atoms with E-state index >= 15 is 0 Å². The molecule has 0 saturated heterocycles. The van der Waals surface area contributed by atoms with Gasteiger partial charge >= 0.3 is 0 Å². The molecule has 2 rings (SSSR count). The topological polar surface area (TPSA) is 58.6 Å². The van der Waals surface area contributed by atoms with Gasteiger partial charge in [0.1, 0.15) is 11.8 Å². The Kier molecular flexibility index (Phi) is 8.30. The zero-order chi connectivity index (χ0) is 22.3. The van der Waals surface area contributed by atoms with Crippen LogP contribution in [0.1, 0.15) is 45.2 Å². The van der Waals surface area contributed by atoms with Crippen molar-refractivity contribution in [2.24, 2.45) is 0 Å². The van der Waals surface area contributed by atoms with Crippen molar-refractivity contribution in [3.8, 4) is 5.75 Å². The van der Waals surface area contributed by atoms with E-state index in [0.29, 0.717) is 23.7 Å². The Balaban J connectivity index is 2.24. The number of likely N-dealkylation sites (N-methyl/N-ethyl adjacent to an activating group) is 1. The average molecular weight is 431 g/mol. The molecule has 0 aliphatic rings. The first-order chi connectivity index (χ1) is 14.2. The normalized spacial score (nSPS) is 12.2. The van der Waals surface area contributed by atoms with Crippen LogP contribution < -0.4 is 10.1 Å². The van der Waals surface area contributed by atoms with Gasteiger partial charge in [-0.3, -0.25) is 9.59 Å². The van der Waals surface area contributed by atoms with Crippen LogP contribution in [0.5, 0.6) is 5.75 Å². The number of rotatable bonds is 8. The number of carbonyl (C=O) groups excluding carboxylic acids is 2. The van der Waals surface area contributed by atoms with Crippen molar-refractivity contribution in [1.29, 1.82) is 0 Å². The molecule has 6 heteroatoms. The van der Waals surface area contributed by atoms with Crippen LogP contribution in [-0.4, -0.2) is 36.4 Å². The summed E-state index contributed by atoms with van der Waals surface area (Å²) in [6.07, 6.45) is 0.498. The molecular formula is C24H31ClN2O3. The minimum absolute atomic E-state index is 0.114. The van der Waals surface area contributed by atoms with E-state index in [1.54, 1.807) is 24.1 Å². The van der Waals surface area contributed by atoms with Crippen LogP contribution in [0.2, 0.25) is 5.02 Å². The fourth-order valence-corrected chi connectivity index (χ4v) is 3.43. The van der Waals surface area contributed by atoms with Gasteiger partial charge in [0.2, 0.25) is 5.91 Å². The van der Waals surface area contributed by atoms with Gasteiger partial charge in [0.25, 0.3) is 5.91 Å². The predicted molar refractivity (Wildman–Crippen MR) is 121 cm³/mol. The molecule has 162 valence electrons. The lowest BCUT2D eigenvalue weighted by Crippen LogP contribution is -2.49. The summed E-state index contributed by atoms with van der Waals surface area (Å²) in [5.41, 5.74) is 1.81. The number of carbonyl (C=O) groups is 2. The first-order valence-electron chi connectivity index (χ1n) is 10.1. The largest absolute Gasteiger partial charge is 0.483 e. The smallest absolute Gasteiger partial charge is 0.261 e. The van der Waals surface area contributed by atoms with Gasteiger partial charge < -0.3 is 15.0 Å². The molecule has 0 unspecified atom stereocenters. The van der Waals surface area contributed by atoms with Gasteiger partial charge in [0, 0.05) is 18.6 Å². The predicted octanol–water partition coefficient (Wildman–Crippen LogP) is 4.57. The molecule has 0 spiro atoms. The molecule has 5 nitrogen and oxygen atoms in total. The third kappa shape index (κ3) is 6.23. The highest BCUT2D eigenvalue weighted by atomic mass is 35.5. The number of ether oxygens (including phenoxy) is 1. The lowest BCUT2D eigenvalue weighted by atomic mass is 9.86. The Morgan fingerprint density at radius 3 is 2.30 bits per heavy atom. The van der Waals surface area contributed by atoms with E-state index < -0.39 is 6.04 Å². The van der Waals surface area contributed by atoms with Gasteiger partial charge in [-0.2, -0.15) is 0 Å². The van der Waals surface area contributed by atoms with E-state index in [1.807, 2.05) is 43.3 Å². The summed E-state index contributed by atoms with van der Waals surface area (Å²) >= 11 is 5.98. The average Bonchev–Trinajstić information content (AvgIpc) is 2.72. The molecule has 0 aliphatic heterocycles. The second kappa shape index (κ2) is 10.5. The number of hydrogen-bond acceptors (Lipinski definition) is 3. The Bertz CT molecular complexity index is 859. The van der Waals surface area contributed by atoms with E-state index in [2.05, 4.69) is 26.1 Å². The maximum Gasteiger partial charge on any atom is 0.261 e. The summed E-state index contributed by atoms with van der Waals surface area (Å²) in [5.74, 6) is 0.233. The third-order valence-electron chi connectivity index (χ3n) is 4.94. The summed E-state index contributed by atoms with van der Waals surface area (Å²) in [6, 6.07) is 14.4. The molecule has 0 fully saturated rings. The number of nitrogens with one attached hydrogen (secondary N) is 1. The highest BCUT2D eigenvalue weighted by Gasteiger charge is 2.28. The lowest BCUT2D eigenvalue weighted by Gasteiger charge is -2.30. The molecule has 2 aromatic rings. The van der Waals surface area contributed by atoms with Gasteiger partial charge in [0.05, 0.1) is 0 Å². The van der Waals surface area contributed by atoms with Gasteiger partial charge in [-0.1, -0.05) is 69.6 Å². The number of nitrogens with zero attached hydrogens (tertiary/aromatic N) is 1. The SMILES string of the molecule is CC[C@@H](C(=O)NC)N(Cc1ccc(Cl)cc1)C(=O)COc1ccccc1C(C)(C)C. The Morgan fingerprint density at radius 2 is 1.73 bits per heavy atom.